The summed E-state index contributed by atoms with van der Waals surface area (Å²) < 4.78 is 0. The summed E-state index contributed by atoms with van der Waals surface area (Å²) in [6, 6.07) is 0.361. The highest BCUT2D eigenvalue weighted by Crippen LogP contribution is 2.31. The van der Waals surface area contributed by atoms with Crippen LogP contribution in [-0.4, -0.2) is 211 Å². The Bertz CT molecular complexity index is 3750. The van der Waals surface area contributed by atoms with Gasteiger partial charge in [0.05, 0.1) is 30.6 Å². The number of phenolic OH excluding ortho intramolecular Hbond substituents is 1. The largest absolute Gasteiger partial charge is 0.508 e. The van der Waals surface area contributed by atoms with E-state index in [-0.39, 0.29) is 86.8 Å². The van der Waals surface area contributed by atoms with E-state index in [4.69, 9.17) is 39.8 Å². The third-order valence-electron chi connectivity index (χ3n) is 15.6. The van der Waals surface area contributed by atoms with Crippen LogP contribution in [0.3, 0.4) is 0 Å². The van der Waals surface area contributed by atoms with Gasteiger partial charge in [-0.1, -0.05) is 67.1 Å². The second kappa shape index (κ2) is 45.7. The number of nitrogens with one attached hydrogen (secondary N) is 14. The lowest BCUT2D eigenvalue weighted by Crippen LogP contribution is -2.62. The number of carbonyl (C=O) groups is 14. The summed E-state index contributed by atoms with van der Waals surface area (Å²) in [5.41, 5.74) is 34.3. The molecule has 0 spiro atoms. The summed E-state index contributed by atoms with van der Waals surface area (Å²) in [4.78, 5) is 212. The molecule has 11 atom stereocenters. The van der Waals surface area contributed by atoms with Crippen molar-refractivity contribution in [2.45, 2.75) is 163 Å². The first kappa shape index (κ1) is 88.8. The Hall–Kier alpha value is -11.6. The summed E-state index contributed by atoms with van der Waals surface area (Å²) >= 11 is 0. The standard InChI is InChI=1S/C65H93N23O18S2/c1-33(2)22-42(81-55(95)34(3)77-57(97)46(26-49(68)90)86-64(104)53(69)87-63(103)48(78-50(91)28-67)31-107-108-51-19-16-38(30-75-51)88(105)106)58(98)80-41(13-9-21-74-65(71)72)56(96)82-43(23-35-10-5-4-6-11-35)59(99)83-44(24-36-14-17-39(89)18-15-36)60(100)84-45(25-37-29-73-32-76-37)61(101)85-47(27-52(92)93)62(102)79-40(54(70)94)12-7-8-20-66/h4-6,10-11,14-19,29-30,32-34,40-48,53,89H,7-9,12-13,20-28,31,66-67,69H2,1-3H3,(H2,68,90)(H2,70,94)(H,73,76)(H,77,97)(H,78,91)(H,79,102)(H,80,98)(H,81,95)(H,82,96)(H,83,99)(H,84,100)(H,85,101)(H,86,104)(H,87,103)(H,92,93)(H4,71,72,74)/t34-,40-,41-,42-,43-,44-,45-,46-,47-,48-,53+/m0/s1. The maximum atomic E-state index is 15.0. The number of rotatable bonds is 48. The van der Waals surface area contributed by atoms with Gasteiger partial charge < -0.3 is 113 Å². The molecular weight excluding hydrogens is 1450 g/mol. The van der Waals surface area contributed by atoms with Gasteiger partial charge in [-0.2, -0.15) is 0 Å². The van der Waals surface area contributed by atoms with Crippen LogP contribution in [0.5, 0.6) is 5.75 Å². The predicted octanol–water partition coefficient (Wildman–Crippen LogP) is -5.61. The Morgan fingerprint density at radius 3 is 1.63 bits per heavy atom. The van der Waals surface area contributed by atoms with Crippen molar-refractivity contribution in [3.05, 3.63) is 112 Å². The van der Waals surface area contributed by atoms with Crippen molar-refractivity contribution in [1.29, 1.82) is 5.41 Å². The van der Waals surface area contributed by atoms with Gasteiger partial charge in [-0.05, 0) is 98.0 Å². The number of nitrogens with zero attached hydrogens (tertiary/aromatic N) is 3. The minimum Gasteiger partial charge on any atom is -0.508 e. The lowest BCUT2D eigenvalue weighted by Gasteiger charge is -2.28. The minimum absolute atomic E-state index is 0.0162. The van der Waals surface area contributed by atoms with Gasteiger partial charge in [0.25, 0.3) is 11.6 Å². The maximum Gasteiger partial charge on any atom is 0.305 e. The van der Waals surface area contributed by atoms with Crippen LogP contribution in [0.25, 0.3) is 0 Å². The van der Waals surface area contributed by atoms with Gasteiger partial charge in [0.2, 0.25) is 70.9 Å². The molecule has 0 unspecified atom stereocenters. The van der Waals surface area contributed by atoms with Crippen LogP contribution >= 0.6 is 21.6 Å². The van der Waals surface area contributed by atoms with Crippen LogP contribution in [0.1, 0.15) is 89.0 Å². The number of aliphatic carboxylic acids is 1. The number of pyridine rings is 1. The average Bonchev–Trinajstić information content (AvgIpc) is 0.875. The Labute approximate surface area is 626 Å². The first-order valence-electron chi connectivity index (χ1n) is 33.7. The molecule has 4 rings (SSSR count). The number of aromatic hydroxyl groups is 1. The highest BCUT2D eigenvalue weighted by molar-refractivity contribution is 8.76. The number of hydrogen-bond acceptors (Lipinski definition) is 25. The molecule has 4 aromatic rings. The zero-order valence-corrected chi connectivity index (χ0v) is 60.8. The number of benzene rings is 2. The van der Waals surface area contributed by atoms with E-state index in [1.165, 1.54) is 55.8 Å². The minimum atomic E-state index is -1.95. The summed E-state index contributed by atoms with van der Waals surface area (Å²) in [5.74, 6) is -16.2. The first-order chi connectivity index (χ1) is 51.2. The molecule has 2 heterocycles. The Balaban J connectivity index is 1.60. The number of phenols is 1. The number of carbonyl (C=O) groups excluding carboxylic acids is 13. The number of aromatic nitrogens is 3. The van der Waals surface area contributed by atoms with E-state index >= 15 is 4.79 Å². The van der Waals surface area contributed by atoms with Crippen LogP contribution in [0.2, 0.25) is 0 Å². The molecule has 13 amide bonds. The van der Waals surface area contributed by atoms with Crippen molar-refractivity contribution in [2.24, 2.45) is 40.3 Å². The van der Waals surface area contributed by atoms with Crippen molar-refractivity contribution in [1.82, 2.24) is 78.8 Å². The number of hydrogen-bond donors (Lipinski definition) is 22. The molecule has 28 N–H and O–H groups in total. The molecule has 2 aromatic heterocycles. The number of aromatic amines is 1. The number of primary amides is 2. The normalized spacial score (nSPS) is 14.0. The molecule has 0 aliphatic rings. The highest BCUT2D eigenvalue weighted by Gasteiger charge is 2.37. The number of carboxylic acids is 1. The Kier molecular flexibility index (Phi) is 37.6. The van der Waals surface area contributed by atoms with E-state index in [0.29, 0.717) is 29.0 Å². The number of guanidine groups is 1. The molecule has 0 radical (unpaired) electrons. The number of nitro groups is 1. The summed E-state index contributed by atoms with van der Waals surface area (Å²) in [6.45, 7) is 4.27. The number of unbranched alkanes of at least 4 members (excludes halogenated alkanes) is 1. The Morgan fingerprint density at radius 2 is 1.09 bits per heavy atom. The van der Waals surface area contributed by atoms with Crippen molar-refractivity contribution >= 4 is 116 Å². The molecule has 41 nitrogen and oxygen atoms in total. The van der Waals surface area contributed by atoms with Gasteiger partial charge in [-0.15, -0.1) is 0 Å². The lowest BCUT2D eigenvalue weighted by molar-refractivity contribution is -0.385. The fourth-order valence-corrected chi connectivity index (χ4v) is 12.1. The number of imidazole rings is 1. The molecule has 588 valence electrons. The maximum absolute atomic E-state index is 15.0. The third kappa shape index (κ3) is 32.4. The third-order valence-corrected chi connectivity index (χ3v) is 17.9. The molecular formula is C65H93N23O18S2. The topological polar surface area (TPSA) is 688 Å². The van der Waals surface area contributed by atoms with Crippen molar-refractivity contribution in [3.63, 3.8) is 0 Å². The molecule has 0 fully saturated rings. The summed E-state index contributed by atoms with van der Waals surface area (Å²) in [5, 5.41) is 68.5. The fraction of sp³-hybridized carbons (Fsp3) is 0.462. The van der Waals surface area contributed by atoms with E-state index in [1.807, 2.05) is 0 Å². The second-order valence-corrected chi connectivity index (χ2v) is 27.3. The predicted molar refractivity (Wildman–Crippen MR) is 390 cm³/mol. The Morgan fingerprint density at radius 1 is 0.574 bits per heavy atom. The zero-order valence-electron chi connectivity index (χ0n) is 59.2. The van der Waals surface area contributed by atoms with Crippen LogP contribution in [-0.2, 0) is 86.4 Å². The van der Waals surface area contributed by atoms with Gasteiger partial charge in [-0.3, -0.25) is 82.6 Å². The summed E-state index contributed by atoms with van der Waals surface area (Å²) in [7, 11) is 1.97. The van der Waals surface area contributed by atoms with E-state index < -0.39 is 180 Å². The van der Waals surface area contributed by atoms with Crippen molar-refractivity contribution in [3.8, 4) is 5.75 Å². The van der Waals surface area contributed by atoms with Crippen LogP contribution in [0.4, 0.5) is 5.69 Å². The lowest BCUT2D eigenvalue weighted by atomic mass is 10.00. The number of amides is 13. The SMILES string of the molecule is CC(C)C[C@H](NC(=O)[C@H](C)NC(=O)[C@H](CC(N)=O)NC(=O)[C@H](N)NC(=O)[C@H](CSSc1ccc([N+](=O)[O-])cn1)NC(=O)CN)C(=O)N[C@@H](CCCNC(=N)N)C(=O)N[C@@H](Cc1ccccc1)C(=O)N[C@@H](Cc1ccc(O)cc1)C(=O)N[C@@H](Cc1cnc[nH]1)C(=O)N[C@@H](CC(=O)O)C(=O)N[C@@H](CCCCN)C(N)=O. The van der Waals surface area contributed by atoms with E-state index in [9.17, 15) is 82.7 Å². The molecule has 0 bridgehead atoms. The number of nitrogens with two attached hydrogens (primary N) is 6. The highest BCUT2D eigenvalue weighted by atomic mass is 33.1. The fourth-order valence-electron chi connectivity index (χ4n) is 10.1. The number of H-pyrrole nitrogens is 1. The van der Waals surface area contributed by atoms with Gasteiger partial charge in [0, 0.05) is 49.5 Å². The second-order valence-electron chi connectivity index (χ2n) is 24.9. The smallest absolute Gasteiger partial charge is 0.305 e. The molecule has 43 heteroatoms. The first-order valence-corrected chi connectivity index (χ1v) is 36.0. The van der Waals surface area contributed by atoms with E-state index in [0.717, 1.165) is 27.8 Å². The van der Waals surface area contributed by atoms with Crippen LogP contribution < -0.4 is 98.2 Å². The van der Waals surface area contributed by atoms with Crippen molar-refractivity contribution < 1.29 is 82.3 Å². The van der Waals surface area contributed by atoms with E-state index in [2.05, 4.69) is 78.8 Å². The molecule has 0 aliphatic heterocycles. The molecule has 108 heavy (non-hydrogen) atoms. The van der Waals surface area contributed by atoms with E-state index in [1.54, 1.807) is 44.2 Å². The van der Waals surface area contributed by atoms with Crippen molar-refractivity contribution in [2.75, 3.05) is 25.4 Å². The molecule has 0 saturated heterocycles. The molecule has 0 aliphatic carbocycles. The molecule has 2 aromatic carbocycles. The quantitative estimate of drug-likeness (QED) is 0.00373. The van der Waals surface area contributed by atoms with Gasteiger partial charge in [0.15, 0.2) is 12.1 Å². The van der Waals surface area contributed by atoms with Gasteiger partial charge in [-0.25, -0.2) is 9.97 Å². The average molecular weight is 1550 g/mol. The van der Waals surface area contributed by atoms with Crippen LogP contribution in [0.15, 0.2) is 90.5 Å². The zero-order chi connectivity index (χ0) is 80.2. The van der Waals surface area contributed by atoms with Gasteiger partial charge >= 0.3 is 5.97 Å². The van der Waals surface area contributed by atoms with Gasteiger partial charge in [0.1, 0.15) is 77.4 Å². The number of carboxylic acid groups (broad SMARTS) is 1. The summed E-state index contributed by atoms with van der Waals surface area (Å²) in [6.07, 6.45) is -0.682. The monoisotopic (exact) mass is 1550 g/mol. The molecule has 0 saturated carbocycles. The van der Waals surface area contributed by atoms with Crippen LogP contribution in [0, 0.1) is 21.4 Å².